The van der Waals surface area contributed by atoms with Crippen molar-refractivity contribution in [3.8, 4) is 0 Å². The number of rotatable bonds is 7. The zero-order valence-electron chi connectivity index (χ0n) is 18.1. The number of nitrogens with zero attached hydrogens (tertiary/aromatic N) is 3. The Morgan fingerprint density at radius 1 is 1.16 bits per heavy atom. The summed E-state index contributed by atoms with van der Waals surface area (Å²) in [5, 5.41) is 5.24. The van der Waals surface area contributed by atoms with E-state index < -0.39 is 10.0 Å². The molecule has 1 N–H and O–H groups in total. The van der Waals surface area contributed by atoms with Crippen molar-refractivity contribution in [2.24, 2.45) is 11.0 Å². The van der Waals surface area contributed by atoms with Gasteiger partial charge >= 0.3 is 0 Å². The molecule has 2 heterocycles. The van der Waals surface area contributed by atoms with Gasteiger partial charge in [0.1, 0.15) is 0 Å². The Labute approximate surface area is 188 Å². The quantitative estimate of drug-likeness (QED) is 0.441. The van der Waals surface area contributed by atoms with Crippen LogP contribution >= 0.6 is 0 Å². The van der Waals surface area contributed by atoms with Gasteiger partial charge in [-0.1, -0.05) is 48.5 Å². The number of piperidine rings is 1. The largest absolute Gasteiger partial charge is 0.342 e. The van der Waals surface area contributed by atoms with E-state index in [2.05, 4.69) is 33.3 Å². The number of amides is 1. The molecule has 0 radical (unpaired) electrons. The first kappa shape index (κ1) is 22.2. The van der Waals surface area contributed by atoms with Gasteiger partial charge in [-0.15, -0.1) is 0 Å². The Morgan fingerprint density at radius 2 is 1.91 bits per heavy atom. The summed E-state index contributed by atoms with van der Waals surface area (Å²) < 4.78 is 27.9. The average Bonchev–Trinajstić information content (AvgIpc) is 3.17. The average molecular weight is 453 g/mol. The number of nitrogens with one attached hydrogen (secondary N) is 1. The highest BCUT2D eigenvalue weighted by atomic mass is 32.2. The van der Waals surface area contributed by atoms with Crippen LogP contribution in [0.4, 0.5) is 0 Å². The molecule has 8 heteroatoms. The molecule has 0 aliphatic carbocycles. The summed E-state index contributed by atoms with van der Waals surface area (Å²) in [4.78, 5) is 12.6. The minimum absolute atomic E-state index is 0.0482. The van der Waals surface area contributed by atoms with Crippen molar-refractivity contribution in [2.45, 2.75) is 26.3 Å². The molecule has 0 bridgehead atoms. The van der Waals surface area contributed by atoms with Crippen molar-refractivity contribution in [1.29, 1.82) is 0 Å². The van der Waals surface area contributed by atoms with Gasteiger partial charge in [-0.25, -0.2) is 18.1 Å². The van der Waals surface area contributed by atoms with Crippen molar-refractivity contribution in [3.05, 3.63) is 71.9 Å². The van der Waals surface area contributed by atoms with Crippen molar-refractivity contribution < 1.29 is 13.2 Å². The molecule has 32 heavy (non-hydrogen) atoms. The molecule has 1 aromatic heterocycles. The minimum Gasteiger partial charge on any atom is -0.342 e. The number of carbonyl (C=O) groups excluding carboxylic acids is 1. The summed E-state index contributed by atoms with van der Waals surface area (Å²) in [6, 6.07) is 18.3. The lowest BCUT2D eigenvalue weighted by Crippen LogP contribution is -2.45. The molecule has 2 aromatic carbocycles. The fraction of sp³-hybridized carbons (Fsp3) is 0.333. The third kappa shape index (κ3) is 4.92. The highest BCUT2D eigenvalue weighted by Crippen LogP contribution is 2.22. The molecule has 0 spiro atoms. The second-order valence-corrected chi connectivity index (χ2v) is 10.3. The molecule has 1 saturated heterocycles. The fourth-order valence-corrected chi connectivity index (χ4v) is 5.32. The van der Waals surface area contributed by atoms with Crippen LogP contribution in [0.5, 0.6) is 0 Å². The number of hydrogen-bond acceptors (Lipinski definition) is 4. The first-order chi connectivity index (χ1) is 15.5. The van der Waals surface area contributed by atoms with Gasteiger partial charge in [-0.05, 0) is 31.4 Å². The maximum atomic E-state index is 12.6. The Hall–Kier alpha value is -2.97. The van der Waals surface area contributed by atoms with Crippen LogP contribution in [0.25, 0.3) is 10.9 Å². The molecule has 7 nitrogen and oxygen atoms in total. The van der Waals surface area contributed by atoms with E-state index in [0.29, 0.717) is 19.4 Å². The van der Waals surface area contributed by atoms with Gasteiger partial charge in [0.15, 0.2) is 0 Å². The van der Waals surface area contributed by atoms with Crippen LogP contribution in [0.2, 0.25) is 0 Å². The lowest BCUT2D eigenvalue weighted by Gasteiger charge is -2.30. The summed E-state index contributed by atoms with van der Waals surface area (Å²) in [5.41, 5.74) is 5.82. The highest BCUT2D eigenvalue weighted by molar-refractivity contribution is 7.89. The zero-order valence-corrected chi connectivity index (χ0v) is 19.0. The van der Waals surface area contributed by atoms with Crippen LogP contribution in [0, 0.1) is 5.92 Å². The van der Waals surface area contributed by atoms with E-state index in [1.54, 1.807) is 13.1 Å². The van der Waals surface area contributed by atoms with Crippen LogP contribution in [-0.2, 0) is 21.4 Å². The SMILES string of the molecule is CCS(=O)(=O)N1CCC[C@@H](C(=O)N/N=C\c2cn(Cc3ccccc3)c3ccccc23)C1. The normalized spacial score (nSPS) is 17.7. The molecule has 1 amide bonds. The monoisotopic (exact) mass is 452 g/mol. The number of para-hydroxylation sites is 1. The molecule has 3 aromatic rings. The van der Waals surface area contributed by atoms with E-state index in [0.717, 1.165) is 23.0 Å². The highest BCUT2D eigenvalue weighted by Gasteiger charge is 2.31. The van der Waals surface area contributed by atoms with Crippen LogP contribution in [-0.4, -0.2) is 48.3 Å². The molecule has 1 aliphatic rings. The fourth-order valence-electron chi connectivity index (χ4n) is 4.14. The summed E-state index contributed by atoms with van der Waals surface area (Å²) in [7, 11) is -3.29. The number of hydrazone groups is 1. The standard InChI is InChI=1S/C24H28N4O3S/c1-2-32(30,31)28-14-8-11-20(18-28)24(29)26-25-15-21-17-27(16-19-9-4-3-5-10-19)23-13-7-6-12-22(21)23/h3-7,9-10,12-13,15,17,20H,2,8,11,14,16,18H2,1H3,(H,26,29)/b25-15-/t20-/m1/s1. The smallest absolute Gasteiger partial charge is 0.244 e. The van der Waals surface area contributed by atoms with Gasteiger partial charge in [0.05, 0.1) is 17.9 Å². The van der Waals surface area contributed by atoms with Crippen LogP contribution < -0.4 is 5.43 Å². The number of benzene rings is 2. The summed E-state index contributed by atoms with van der Waals surface area (Å²) in [6.45, 7) is 3.06. The number of carbonyl (C=O) groups is 1. The third-order valence-corrected chi connectivity index (χ3v) is 7.75. The van der Waals surface area contributed by atoms with E-state index in [4.69, 9.17) is 0 Å². The molecule has 168 valence electrons. The first-order valence-corrected chi connectivity index (χ1v) is 12.5. The van der Waals surface area contributed by atoms with Crippen molar-refractivity contribution in [1.82, 2.24) is 14.3 Å². The third-order valence-electron chi connectivity index (χ3n) is 5.91. The zero-order chi connectivity index (χ0) is 22.6. The number of fused-ring (bicyclic) bond motifs is 1. The summed E-state index contributed by atoms with van der Waals surface area (Å²) in [5.74, 6) is -0.584. The van der Waals surface area contributed by atoms with Gasteiger partial charge < -0.3 is 4.57 Å². The van der Waals surface area contributed by atoms with Gasteiger partial charge in [0, 0.05) is 42.3 Å². The molecule has 4 rings (SSSR count). The number of aromatic nitrogens is 1. The second kappa shape index (κ2) is 9.67. The van der Waals surface area contributed by atoms with Crippen LogP contribution in [0.1, 0.15) is 30.9 Å². The van der Waals surface area contributed by atoms with E-state index >= 15 is 0 Å². The number of hydrogen-bond donors (Lipinski definition) is 1. The maximum absolute atomic E-state index is 12.6. The van der Waals surface area contributed by atoms with E-state index in [1.807, 2.05) is 42.6 Å². The summed E-state index contributed by atoms with van der Waals surface area (Å²) >= 11 is 0. The number of sulfonamides is 1. The topological polar surface area (TPSA) is 83.8 Å². The predicted octanol–water partition coefficient (Wildman–Crippen LogP) is 3.20. The van der Waals surface area contributed by atoms with Crippen LogP contribution in [0.3, 0.4) is 0 Å². The molecule has 1 fully saturated rings. The Bertz CT molecular complexity index is 1220. The first-order valence-electron chi connectivity index (χ1n) is 10.9. The van der Waals surface area contributed by atoms with Gasteiger partial charge in [0.2, 0.25) is 15.9 Å². The Balaban J connectivity index is 1.46. The minimum atomic E-state index is -3.29. The summed E-state index contributed by atoms with van der Waals surface area (Å²) in [6.07, 6.45) is 5.02. The van der Waals surface area contributed by atoms with Crippen molar-refractivity contribution in [3.63, 3.8) is 0 Å². The molecular weight excluding hydrogens is 424 g/mol. The Kier molecular flexibility index (Phi) is 6.72. The van der Waals surface area contributed by atoms with E-state index in [1.165, 1.54) is 9.87 Å². The molecule has 0 saturated carbocycles. The molecule has 0 unspecified atom stereocenters. The second-order valence-electron chi connectivity index (χ2n) is 8.05. The molecular formula is C24H28N4O3S. The van der Waals surface area contributed by atoms with E-state index in [9.17, 15) is 13.2 Å². The Morgan fingerprint density at radius 3 is 2.69 bits per heavy atom. The predicted molar refractivity (Wildman–Crippen MR) is 127 cm³/mol. The van der Waals surface area contributed by atoms with E-state index in [-0.39, 0.29) is 24.1 Å². The van der Waals surface area contributed by atoms with Gasteiger partial charge in [-0.3, -0.25) is 4.79 Å². The lowest BCUT2D eigenvalue weighted by molar-refractivity contribution is -0.126. The van der Waals surface area contributed by atoms with Crippen molar-refractivity contribution in [2.75, 3.05) is 18.8 Å². The van der Waals surface area contributed by atoms with Crippen LogP contribution in [0.15, 0.2) is 65.9 Å². The molecule has 1 atom stereocenters. The van der Waals surface area contributed by atoms with Gasteiger partial charge in [-0.2, -0.15) is 5.10 Å². The van der Waals surface area contributed by atoms with Gasteiger partial charge in [0.25, 0.3) is 0 Å². The van der Waals surface area contributed by atoms with Crippen molar-refractivity contribution >= 4 is 33.0 Å². The maximum Gasteiger partial charge on any atom is 0.244 e. The molecule has 1 aliphatic heterocycles. The lowest BCUT2D eigenvalue weighted by atomic mass is 9.99.